The number of aryl methyl sites for hydroxylation is 1. The molecule has 2 heterocycles. The quantitative estimate of drug-likeness (QED) is 0.662. The van der Waals surface area contributed by atoms with Crippen LogP contribution in [0.2, 0.25) is 5.02 Å². The van der Waals surface area contributed by atoms with Crippen LogP contribution in [0.1, 0.15) is 27.2 Å². The maximum atomic E-state index is 13.0. The van der Waals surface area contributed by atoms with Crippen LogP contribution in [0.25, 0.3) is 5.88 Å². The summed E-state index contributed by atoms with van der Waals surface area (Å²) in [5.41, 5.74) is 1.23. The molecule has 0 bridgehead atoms. The molecule has 2 aromatic heterocycles. The molecular weight excluding hydrogens is 366 g/mol. The van der Waals surface area contributed by atoms with Crippen molar-refractivity contribution in [3.63, 3.8) is 0 Å². The van der Waals surface area contributed by atoms with E-state index in [4.69, 9.17) is 20.8 Å². The highest BCUT2D eigenvalue weighted by molar-refractivity contribution is 6.30. The molecule has 0 radical (unpaired) electrons. The van der Waals surface area contributed by atoms with Gasteiger partial charge in [-0.15, -0.1) is 0 Å². The van der Waals surface area contributed by atoms with Crippen LogP contribution >= 0.6 is 11.6 Å². The van der Waals surface area contributed by atoms with Crippen molar-refractivity contribution < 1.29 is 13.9 Å². The number of nitriles is 1. The van der Waals surface area contributed by atoms with Crippen molar-refractivity contribution in [3.05, 3.63) is 70.2 Å². The van der Waals surface area contributed by atoms with Gasteiger partial charge in [-0.05, 0) is 37.3 Å². The van der Waals surface area contributed by atoms with Gasteiger partial charge in [0.15, 0.2) is 0 Å². The van der Waals surface area contributed by atoms with E-state index in [9.17, 15) is 10.1 Å². The molecule has 0 atom stereocenters. The number of methoxy groups -OCH3 is 1. The molecule has 0 aliphatic heterocycles. The van der Waals surface area contributed by atoms with Crippen LogP contribution in [0.3, 0.4) is 0 Å². The number of hydrogen-bond acceptors (Lipinski definition) is 4. The van der Waals surface area contributed by atoms with Gasteiger partial charge in [0, 0.05) is 36.6 Å². The predicted molar refractivity (Wildman–Crippen MR) is 101 cm³/mol. The van der Waals surface area contributed by atoms with E-state index >= 15 is 0 Å². The Morgan fingerprint density at radius 2 is 2.07 bits per heavy atom. The van der Waals surface area contributed by atoms with Gasteiger partial charge in [-0.25, -0.2) is 0 Å². The summed E-state index contributed by atoms with van der Waals surface area (Å²) in [5, 5.41) is 10.2. The number of halogens is 1. The smallest absolute Gasteiger partial charge is 0.258 e. The molecule has 0 N–H and O–H groups in total. The van der Waals surface area contributed by atoms with Gasteiger partial charge in [-0.1, -0.05) is 11.6 Å². The molecule has 3 aromatic rings. The van der Waals surface area contributed by atoms with Crippen LogP contribution in [0.5, 0.6) is 5.75 Å². The topological polar surface area (TPSA) is 71.4 Å². The fourth-order valence-corrected chi connectivity index (χ4v) is 3.13. The maximum absolute atomic E-state index is 13.0. The summed E-state index contributed by atoms with van der Waals surface area (Å²) in [7, 11) is 3.22. The van der Waals surface area contributed by atoms with Crippen LogP contribution in [0.15, 0.2) is 47.1 Å². The molecule has 0 spiro atoms. The SMILES string of the molecule is COc1ccc(Cl)cc1CN(C)C(=O)c1c(C)oc(-n2cccc2)c1C#N. The highest BCUT2D eigenvalue weighted by Gasteiger charge is 2.27. The van der Waals surface area contributed by atoms with E-state index < -0.39 is 0 Å². The highest BCUT2D eigenvalue weighted by atomic mass is 35.5. The third-order valence-corrected chi connectivity index (χ3v) is 4.46. The molecule has 0 unspecified atom stereocenters. The molecule has 138 valence electrons. The number of carbonyl (C=O) groups excluding carboxylic acids is 1. The van der Waals surface area contributed by atoms with Crippen LogP contribution in [-0.4, -0.2) is 29.5 Å². The fourth-order valence-electron chi connectivity index (χ4n) is 2.93. The van der Waals surface area contributed by atoms with Crippen LogP contribution in [0, 0.1) is 18.3 Å². The van der Waals surface area contributed by atoms with E-state index in [0.29, 0.717) is 22.4 Å². The van der Waals surface area contributed by atoms with Crippen molar-refractivity contribution >= 4 is 17.5 Å². The standard InChI is InChI=1S/C20H18ClN3O3/c1-13-18(16(11-22)20(27-13)24-8-4-5-9-24)19(25)23(2)12-14-10-15(21)6-7-17(14)26-3/h4-10H,12H2,1-3H3. The number of aromatic nitrogens is 1. The first-order valence-electron chi connectivity index (χ1n) is 8.21. The van der Waals surface area contributed by atoms with Gasteiger partial charge >= 0.3 is 0 Å². The number of hydrogen-bond donors (Lipinski definition) is 0. The second-order valence-electron chi connectivity index (χ2n) is 6.03. The van der Waals surface area contributed by atoms with E-state index in [0.717, 1.165) is 5.56 Å². The summed E-state index contributed by atoms with van der Waals surface area (Å²) < 4.78 is 12.7. The Morgan fingerprint density at radius 1 is 1.37 bits per heavy atom. The molecule has 1 aromatic carbocycles. The van der Waals surface area contributed by atoms with Crippen LogP contribution in [-0.2, 0) is 6.54 Å². The Kier molecular flexibility index (Phi) is 5.24. The first-order valence-corrected chi connectivity index (χ1v) is 8.58. The van der Waals surface area contributed by atoms with E-state index in [-0.39, 0.29) is 23.6 Å². The summed E-state index contributed by atoms with van der Waals surface area (Å²) in [6.07, 6.45) is 3.52. The Balaban J connectivity index is 1.95. The normalized spacial score (nSPS) is 10.5. The van der Waals surface area contributed by atoms with Crippen molar-refractivity contribution in [3.8, 4) is 17.7 Å². The zero-order valence-electron chi connectivity index (χ0n) is 15.2. The second-order valence-corrected chi connectivity index (χ2v) is 6.47. The Bertz CT molecular complexity index is 1020. The molecule has 1 amide bonds. The van der Waals surface area contributed by atoms with Crippen molar-refractivity contribution in [2.24, 2.45) is 0 Å². The predicted octanol–water partition coefficient (Wildman–Crippen LogP) is 4.18. The van der Waals surface area contributed by atoms with Crippen LogP contribution < -0.4 is 4.74 Å². The first kappa shape index (κ1) is 18.6. The molecule has 3 rings (SSSR count). The molecule has 7 heteroatoms. The van der Waals surface area contributed by atoms with E-state index in [1.54, 1.807) is 56.2 Å². The molecule has 27 heavy (non-hydrogen) atoms. The van der Waals surface area contributed by atoms with E-state index in [2.05, 4.69) is 6.07 Å². The Morgan fingerprint density at radius 3 is 2.70 bits per heavy atom. The van der Waals surface area contributed by atoms with Crippen LogP contribution in [0.4, 0.5) is 0 Å². The average Bonchev–Trinajstić information content (AvgIpc) is 3.28. The highest BCUT2D eigenvalue weighted by Crippen LogP contribution is 2.28. The van der Waals surface area contributed by atoms with Gasteiger partial charge in [0.05, 0.1) is 7.11 Å². The monoisotopic (exact) mass is 383 g/mol. The summed E-state index contributed by atoms with van der Waals surface area (Å²) >= 11 is 6.07. The van der Waals surface area contributed by atoms with E-state index in [1.165, 1.54) is 4.90 Å². The van der Waals surface area contributed by atoms with Crippen molar-refractivity contribution in [1.82, 2.24) is 9.47 Å². The van der Waals surface area contributed by atoms with Gasteiger partial charge in [0.1, 0.15) is 28.7 Å². The zero-order valence-corrected chi connectivity index (χ0v) is 15.9. The van der Waals surface area contributed by atoms with E-state index in [1.807, 2.05) is 12.1 Å². The van der Waals surface area contributed by atoms with Crippen molar-refractivity contribution in [1.29, 1.82) is 5.26 Å². The summed E-state index contributed by atoms with van der Waals surface area (Å²) in [5.74, 6) is 1.05. The summed E-state index contributed by atoms with van der Waals surface area (Å²) in [6.45, 7) is 1.95. The third-order valence-electron chi connectivity index (χ3n) is 4.23. The van der Waals surface area contributed by atoms with Crippen molar-refractivity contribution in [2.45, 2.75) is 13.5 Å². The summed E-state index contributed by atoms with van der Waals surface area (Å²) in [4.78, 5) is 14.6. The lowest BCUT2D eigenvalue weighted by Gasteiger charge is -2.19. The number of furan rings is 1. The Hall–Kier alpha value is -3.17. The summed E-state index contributed by atoms with van der Waals surface area (Å²) in [6, 6.07) is 11.0. The molecule has 0 saturated carbocycles. The molecule has 0 fully saturated rings. The number of amides is 1. The van der Waals surface area contributed by atoms with Gasteiger partial charge in [0.2, 0.25) is 5.88 Å². The van der Waals surface area contributed by atoms with Crippen molar-refractivity contribution in [2.75, 3.05) is 14.2 Å². The second kappa shape index (κ2) is 7.60. The molecule has 0 aliphatic carbocycles. The number of ether oxygens (including phenoxy) is 1. The minimum absolute atomic E-state index is 0.207. The largest absolute Gasteiger partial charge is 0.496 e. The Labute approximate surface area is 162 Å². The molecule has 0 aliphatic rings. The lowest BCUT2D eigenvalue weighted by Crippen LogP contribution is -2.27. The van der Waals surface area contributed by atoms with Gasteiger partial charge < -0.3 is 14.1 Å². The number of nitrogens with zero attached hydrogens (tertiary/aromatic N) is 3. The minimum atomic E-state index is -0.312. The number of rotatable bonds is 5. The lowest BCUT2D eigenvalue weighted by atomic mass is 10.1. The number of benzene rings is 1. The lowest BCUT2D eigenvalue weighted by molar-refractivity contribution is 0.0782. The maximum Gasteiger partial charge on any atom is 0.258 e. The first-order chi connectivity index (χ1) is 13.0. The molecular formula is C20H18ClN3O3. The number of carbonyl (C=O) groups is 1. The van der Waals surface area contributed by atoms with Gasteiger partial charge in [-0.2, -0.15) is 5.26 Å². The minimum Gasteiger partial charge on any atom is -0.496 e. The van der Waals surface area contributed by atoms with Gasteiger partial charge in [-0.3, -0.25) is 9.36 Å². The third kappa shape index (κ3) is 3.55. The molecule has 0 saturated heterocycles. The fraction of sp³-hybridized carbons (Fsp3) is 0.200. The zero-order chi connectivity index (χ0) is 19.6. The molecule has 6 nitrogen and oxygen atoms in total. The van der Waals surface area contributed by atoms with Gasteiger partial charge in [0.25, 0.3) is 5.91 Å². The average molecular weight is 384 g/mol.